The molecule has 1 nitrogen and oxygen atoms in total. The van der Waals surface area contributed by atoms with Crippen LogP contribution in [0.4, 0.5) is 0 Å². The van der Waals surface area contributed by atoms with Crippen molar-refractivity contribution in [1.82, 2.24) is 4.98 Å². The summed E-state index contributed by atoms with van der Waals surface area (Å²) >= 11 is 0. The zero-order valence-corrected chi connectivity index (χ0v) is 7.26. The number of rotatable bonds is 1. The van der Waals surface area contributed by atoms with Crippen molar-refractivity contribution in [2.75, 3.05) is 0 Å². The molecule has 0 aliphatic carbocycles. The van der Waals surface area contributed by atoms with Crippen LogP contribution in [0.5, 0.6) is 0 Å². The summed E-state index contributed by atoms with van der Waals surface area (Å²) in [5.74, 6) is 0. The van der Waals surface area contributed by atoms with Gasteiger partial charge in [0.15, 0.2) is 0 Å². The minimum Gasteiger partial charge on any atom is -0.258 e. The van der Waals surface area contributed by atoms with Gasteiger partial charge in [0.25, 0.3) is 0 Å². The van der Waals surface area contributed by atoms with Crippen LogP contribution in [0.25, 0.3) is 6.08 Å². The van der Waals surface area contributed by atoms with E-state index in [0.717, 1.165) is 11.4 Å². The summed E-state index contributed by atoms with van der Waals surface area (Å²) < 4.78 is 0. The van der Waals surface area contributed by atoms with E-state index in [4.69, 9.17) is 0 Å². The first kappa shape index (κ1) is 7.99. The Bertz CT molecular complexity index is 254. The summed E-state index contributed by atoms with van der Waals surface area (Å²) in [7, 11) is 0. The molecule has 0 unspecified atom stereocenters. The standard InChI is InChI=1S/C10H13N/c1-4-5-10-6-8(2)11-9(3)7-10/h4-7H,1-3H3/b5-4+. The molecule has 1 rings (SSSR count). The van der Waals surface area contributed by atoms with Crippen molar-refractivity contribution in [2.45, 2.75) is 20.8 Å². The number of hydrogen-bond acceptors (Lipinski definition) is 1. The third-order valence-corrected chi connectivity index (χ3v) is 1.46. The molecule has 0 saturated carbocycles. The third-order valence-electron chi connectivity index (χ3n) is 1.46. The second-order valence-electron chi connectivity index (χ2n) is 2.68. The first-order valence-corrected chi connectivity index (χ1v) is 3.80. The molecule has 0 spiro atoms. The molecule has 0 fully saturated rings. The summed E-state index contributed by atoms with van der Waals surface area (Å²) in [6.07, 6.45) is 4.12. The highest BCUT2D eigenvalue weighted by Gasteiger charge is 1.91. The Morgan fingerprint density at radius 3 is 2.18 bits per heavy atom. The Morgan fingerprint density at radius 2 is 1.73 bits per heavy atom. The molecule has 0 N–H and O–H groups in total. The lowest BCUT2D eigenvalue weighted by Gasteiger charge is -1.97. The summed E-state index contributed by atoms with van der Waals surface area (Å²) in [6, 6.07) is 4.15. The average Bonchev–Trinajstić information content (AvgIpc) is 1.85. The second kappa shape index (κ2) is 3.33. The van der Waals surface area contributed by atoms with Gasteiger partial charge in [-0.3, -0.25) is 4.98 Å². The molecule has 1 aromatic rings. The maximum Gasteiger partial charge on any atom is 0.0381 e. The largest absolute Gasteiger partial charge is 0.258 e. The van der Waals surface area contributed by atoms with Crippen LogP contribution in [0.2, 0.25) is 0 Å². The number of nitrogens with zero attached hydrogens (tertiary/aromatic N) is 1. The van der Waals surface area contributed by atoms with E-state index in [-0.39, 0.29) is 0 Å². The number of hydrogen-bond donors (Lipinski definition) is 0. The topological polar surface area (TPSA) is 12.9 Å². The first-order chi connectivity index (χ1) is 5.22. The van der Waals surface area contributed by atoms with Gasteiger partial charge in [-0.25, -0.2) is 0 Å². The third kappa shape index (κ3) is 2.19. The molecule has 58 valence electrons. The Kier molecular flexibility index (Phi) is 2.42. The van der Waals surface area contributed by atoms with Crippen molar-refractivity contribution < 1.29 is 0 Å². The Labute approximate surface area is 67.8 Å². The highest BCUT2D eigenvalue weighted by Crippen LogP contribution is 2.06. The predicted octanol–water partition coefficient (Wildman–Crippen LogP) is 2.73. The van der Waals surface area contributed by atoms with Gasteiger partial charge in [0.05, 0.1) is 0 Å². The molecule has 0 saturated heterocycles. The SMILES string of the molecule is C/C=C/c1cc(C)nc(C)c1. The zero-order chi connectivity index (χ0) is 8.27. The van der Waals surface area contributed by atoms with Crippen molar-refractivity contribution in [1.29, 1.82) is 0 Å². The molecule has 1 heteroatoms. The lowest BCUT2D eigenvalue weighted by molar-refractivity contribution is 1.12. The summed E-state index contributed by atoms with van der Waals surface area (Å²) in [5.41, 5.74) is 3.40. The van der Waals surface area contributed by atoms with Crippen LogP contribution in [0.1, 0.15) is 23.9 Å². The second-order valence-corrected chi connectivity index (χ2v) is 2.68. The maximum absolute atomic E-state index is 4.28. The molecular formula is C10H13N. The van der Waals surface area contributed by atoms with Crippen molar-refractivity contribution in [2.24, 2.45) is 0 Å². The van der Waals surface area contributed by atoms with Gasteiger partial charge in [0, 0.05) is 11.4 Å². The molecule has 0 aliphatic heterocycles. The molecule has 11 heavy (non-hydrogen) atoms. The minimum atomic E-state index is 1.08. The molecule has 0 bridgehead atoms. The van der Waals surface area contributed by atoms with Gasteiger partial charge < -0.3 is 0 Å². The van der Waals surface area contributed by atoms with E-state index in [1.165, 1.54) is 5.56 Å². The lowest BCUT2D eigenvalue weighted by atomic mass is 10.2. The quantitative estimate of drug-likeness (QED) is 0.595. The minimum absolute atomic E-state index is 1.08. The Hall–Kier alpha value is -1.11. The Morgan fingerprint density at radius 1 is 1.18 bits per heavy atom. The molecule has 0 aromatic carbocycles. The number of aromatic nitrogens is 1. The predicted molar refractivity (Wildman–Crippen MR) is 48.4 cm³/mol. The van der Waals surface area contributed by atoms with E-state index in [0.29, 0.717) is 0 Å². The van der Waals surface area contributed by atoms with E-state index in [1.807, 2.05) is 26.8 Å². The van der Waals surface area contributed by atoms with Gasteiger partial charge in [-0.05, 0) is 38.5 Å². The van der Waals surface area contributed by atoms with E-state index in [2.05, 4.69) is 23.2 Å². The van der Waals surface area contributed by atoms with Gasteiger partial charge in [-0.1, -0.05) is 12.2 Å². The summed E-state index contributed by atoms with van der Waals surface area (Å²) in [5, 5.41) is 0. The van der Waals surface area contributed by atoms with Crippen LogP contribution in [0.3, 0.4) is 0 Å². The smallest absolute Gasteiger partial charge is 0.0381 e. The van der Waals surface area contributed by atoms with Crippen molar-refractivity contribution >= 4 is 6.08 Å². The van der Waals surface area contributed by atoms with Gasteiger partial charge in [0.1, 0.15) is 0 Å². The normalized spacial score (nSPS) is 10.8. The van der Waals surface area contributed by atoms with E-state index < -0.39 is 0 Å². The monoisotopic (exact) mass is 147 g/mol. The van der Waals surface area contributed by atoms with Crippen molar-refractivity contribution in [3.05, 3.63) is 35.2 Å². The molecule has 1 heterocycles. The van der Waals surface area contributed by atoms with Gasteiger partial charge in [-0.2, -0.15) is 0 Å². The van der Waals surface area contributed by atoms with Gasteiger partial charge >= 0.3 is 0 Å². The highest BCUT2D eigenvalue weighted by molar-refractivity contribution is 5.49. The van der Waals surface area contributed by atoms with Gasteiger partial charge in [-0.15, -0.1) is 0 Å². The number of pyridine rings is 1. The number of allylic oxidation sites excluding steroid dienone is 1. The Balaban J connectivity index is 3.08. The molecule has 0 radical (unpaired) electrons. The van der Waals surface area contributed by atoms with Crippen LogP contribution in [0, 0.1) is 13.8 Å². The first-order valence-electron chi connectivity index (χ1n) is 3.80. The summed E-state index contributed by atoms with van der Waals surface area (Å²) in [4.78, 5) is 4.28. The molecule has 0 aliphatic rings. The maximum atomic E-state index is 4.28. The van der Waals surface area contributed by atoms with Crippen LogP contribution < -0.4 is 0 Å². The van der Waals surface area contributed by atoms with Crippen LogP contribution in [-0.2, 0) is 0 Å². The van der Waals surface area contributed by atoms with Crippen molar-refractivity contribution in [3.63, 3.8) is 0 Å². The molecule has 0 amide bonds. The fourth-order valence-electron chi connectivity index (χ4n) is 1.16. The van der Waals surface area contributed by atoms with E-state index in [9.17, 15) is 0 Å². The average molecular weight is 147 g/mol. The fraction of sp³-hybridized carbons (Fsp3) is 0.300. The van der Waals surface area contributed by atoms with E-state index in [1.54, 1.807) is 0 Å². The van der Waals surface area contributed by atoms with E-state index >= 15 is 0 Å². The highest BCUT2D eigenvalue weighted by atomic mass is 14.7. The summed E-state index contributed by atoms with van der Waals surface area (Å²) in [6.45, 7) is 6.05. The lowest BCUT2D eigenvalue weighted by Crippen LogP contribution is -1.86. The fourth-order valence-corrected chi connectivity index (χ4v) is 1.16. The molecule has 1 aromatic heterocycles. The molecular weight excluding hydrogens is 134 g/mol. The van der Waals surface area contributed by atoms with Crippen LogP contribution in [0.15, 0.2) is 18.2 Å². The van der Waals surface area contributed by atoms with Crippen molar-refractivity contribution in [3.8, 4) is 0 Å². The number of aryl methyl sites for hydroxylation is 2. The zero-order valence-electron chi connectivity index (χ0n) is 7.26. The van der Waals surface area contributed by atoms with Crippen LogP contribution in [-0.4, -0.2) is 4.98 Å². The van der Waals surface area contributed by atoms with Gasteiger partial charge in [0.2, 0.25) is 0 Å². The molecule has 0 atom stereocenters. The van der Waals surface area contributed by atoms with Crippen LogP contribution >= 0.6 is 0 Å².